The first-order chi connectivity index (χ1) is 11.7. The molecule has 1 aromatic rings. The number of hydrogen-bond acceptors (Lipinski definition) is 5. The summed E-state index contributed by atoms with van der Waals surface area (Å²) in [4.78, 5) is 14.8. The fourth-order valence-electron chi connectivity index (χ4n) is 1.91. The van der Waals surface area contributed by atoms with Crippen LogP contribution in [-0.2, 0) is 16.0 Å². The van der Waals surface area contributed by atoms with E-state index in [-0.39, 0.29) is 29.7 Å². The van der Waals surface area contributed by atoms with Gasteiger partial charge < -0.3 is 20.1 Å². The van der Waals surface area contributed by atoms with Crippen LogP contribution in [0.25, 0.3) is 0 Å². The third kappa shape index (κ3) is 10.9. The van der Waals surface area contributed by atoms with Gasteiger partial charge in [-0.15, -0.1) is 24.0 Å². The lowest BCUT2D eigenvalue weighted by atomic mass is 10.2. The molecular weight excluding hydrogens is 439 g/mol. The number of halogens is 1. The number of aliphatic imine (C=N–C) groups is 1. The molecular formula is C16H27IN4O4. The van der Waals surface area contributed by atoms with Gasteiger partial charge in [-0.3, -0.25) is 10.1 Å². The molecule has 2 N–H and O–H groups in total. The smallest absolute Gasteiger partial charge is 0.269 e. The molecule has 0 unspecified atom stereocenters. The molecule has 8 nitrogen and oxygen atoms in total. The van der Waals surface area contributed by atoms with Crippen molar-refractivity contribution in [2.24, 2.45) is 4.99 Å². The van der Waals surface area contributed by atoms with Gasteiger partial charge in [0, 0.05) is 38.9 Å². The minimum absolute atomic E-state index is 0. The first-order valence-corrected chi connectivity index (χ1v) is 7.99. The average molecular weight is 466 g/mol. The Hall–Kier alpha value is -1.46. The normalized spacial score (nSPS) is 10.9. The van der Waals surface area contributed by atoms with E-state index in [1.165, 1.54) is 12.1 Å². The summed E-state index contributed by atoms with van der Waals surface area (Å²) in [6, 6.07) is 6.50. The number of nitro groups is 1. The summed E-state index contributed by atoms with van der Waals surface area (Å²) in [6.07, 6.45) is 0.852. The Balaban J connectivity index is 0.00000576. The van der Waals surface area contributed by atoms with Crippen LogP contribution in [0.15, 0.2) is 29.3 Å². The quantitative estimate of drug-likeness (QED) is 0.130. The Morgan fingerprint density at radius 3 is 2.76 bits per heavy atom. The van der Waals surface area contributed by atoms with Crippen molar-refractivity contribution in [1.29, 1.82) is 0 Å². The number of nitrogens with zero attached hydrogens (tertiary/aromatic N) is 2. The van der Waals surface area contributed by atoms with E-state index in [4.69, 9.17) is 9.47 Å². The molecule has 0 saturated carbocycles. The van der Waals surface area contributed by atoms with Gasteiger partial charge in [-0.05, 0) is 18.9 Å². The van der Waals surface area contributed by atoms with Crippen LogP contribution in [0.3, 0.4) is 0 Å². The van der Waals surface area contributed by atoms with Crippen LogP contribution < -0.4 is 10.6 Å². The van der Waals surface area contributed by atoms with Crippen LogP contribution in [-0.4, -0.2) is 50.9 Å². The average Bonchev–Trinajstić information content (AvgIpc) is 2.59. The molecule has 1 aromatic carbocycles. The standard InChI is InChI=1S/C16H26N4O4.HI/c1-3-17-16(18-8-5-9-24-11-10-23-2)19-13-14-6-4-7-15(12-14)20(21)22;/h4,6-7,12H,3,5,8-11,13H2,1-2H3,(H2,17,18,19);1H. The van der Waals surface area contributed by atoms with Crippen molar-refractivity contribution in [3.05, 3.63) is 39.9 Å². The maximum Gasteiger partial charge on any atom is 0.269 e. The molecule has 0 fully saturated rings. The highest BCUT2D eigenvalue weighted by Crippen LogP contribution is 2.13. The summed E-state index contributed by atoms with van der Waals surface area (Å²) >= 11 is 0. The van der Waals surface area contributed by atoms with Gasteiger partial charge in [-0.25, -0.2) is 4.99 Å². The SMILES string of the molecule is CCNC(=NCc1cccc([N+](=O)[O-])c1)NCCCOCCOC.I. The lowest BCUT2D eigenvalue weighted by molar-refractivity contribution is -0.384. The van der Waals surface area contributed by atoms with E-state index in [0.717, 1.165) is 25.1 Å². The summed E-state index contributed by atoms with van der Waals surface area (Å²) in [7, 11) is 1.64. The summed E-state index contributed by atoms with van der Waals surface area (Å²) in [5.74, 6) is 0.681. The molecule has 0 aromatic heterocycles. The second-order valence-corrected chi connectivity index (χ2v) is 5.01. The third-order valence-corrected chi connectivity index (χ3v) is 3.08. The number of ether oxygens (including phenoxy) is 2. The van der Waals surface area contributed by atoms with E-state index in [1.54, 1.807) is 13.2 Å². The Morgan fingerprint density at radius 2 is 2.08 bits per heavy atom. The van der Waals surface area contributed by atoms with E-state index >= 15 is 0 Å². The molecule has 0 spiro atoms. The zero-order chi connectivity index (χ0) is 17.6. The highest BCUT2D eigenvalue weighted by molar-refractivity contribution is 14.0. The van der Waals surface area contributed by atoms with Crippen LogP contribution in [0.4, 0.5) is 5.69 Å². The van der Waals surface area contributed by atoms with Crippen LogP contribution in [0.2, 0.25) is 0 Å². The van der Waals surface area contributed by atoms with E-state index in [9.17, 15) is 10.1 Å². The highest BCUT2D eigenvalue weighted by Gasteiger charge is 2.05. The summed E-state index contributed by atoms with van der Waals surface area (Å²) in [6.45, 7) is 5.68. The zero-order valence-corrected chi connectivity index (χ0v) is 17.0. The van der Waals surface area contributed by atoms with Crippen molar-refractivity contribution in [1.82, 2.24) is 10.6 Å². The lowest BCUT2D eigenvalue weighted by Gasteiger charge is -2.11. The van der Waals surface area contributed by atoms with Crippen LogP contribution in [0, 0.1) is 10.1 Å². The number of rotatable bonds is 11. The summed E-state index contributed by atoms with van der Waals surface area (Å²) < 4.78 is 10.3. The molecule has 25 heavy (non-hydrogen) atoms. The van der Waals surface area contributed by atoms with Crippen molar-refractivity contribution in [2.75, 3.05) is 40.0 Å². The minimum atomic E-state index is -0.403. The monoisotopic (exact) mass is 466 g/mol. The molecule has 1 rings (SSSR count). The molecule has 9 heteroatoms. The Bertz CT molecular complexity index is 529. The molecule has 0 heterocycles. The van der Waals surface area contributed by atoms with Gasteiger partial charge in [-0.2, -0.15) is 0 Å². The predicted octanol–water partition coefficient (Wildman–Crippen LogP) is 2.32. The molecule has 0 atom stereocenters. The van der Waals surface area contributed by atoms with Crippen molar-refractivity contribution >= 4 is 35.6 Å². The first-order valence-electron chi connectivity index (χ1n) is 7.99. The van der Waals surface area contributed by atoms with E-state index in [1.807, 2.05) is 13.0 Å². The zero-order valence-electron chi connectivity index (χ0n) is 14.7. The number of nitro benzene ring substituents is 1. The van der Waals surface area contributed by atoms with Gasteiger partial charge in [0.2, 0.25) is 0 Å². The van der Waals surface area contributed by atoms with Gasteiger partial charge in [0.05, 0.1) is 24.7 Å². The number of non-ortho nitro benzene ring substituents is 1. The van der Waals surface area contributed by atoms with Gasteiger partial charge in [-0.1, -0.05) is 12.1 Å². The fourth-order valence-corrected chi connectivity index (χ4v) is 1.91. The Labute approximate surface area is 165 Å². The molecule has 0 amide bonds. The lowest BCUT2D eigenvalue weighted by Crippen LogP contribution is -2.38. The topological polar surface area (TPSA) is 98.0 Å². The molecule has 0 radical (unpaired) electrons. The Morgan fingerprint density at radius 1 is 1.28 bits per heavy atom. The first kappa shape index (κ1) is 23.5. The molecule has 0 aliphatic heterocycles. The maximum absolute atomic E-state index is 10.8. The van der Waals surface area contributed by atoms with Crippen molar-refractivity contribution in [2.45, 2.75) is 19.9 Å². The molecule has 142 valence electrons. The van der Waals surface area contributed by atoms with E-state index < -0.39 is 4.92 Å². The number of guanidine groups is 1. The van der Waals surface area contributed by atoms with Gasteiger partial charge >= 0.3 is 0 Å². The molecule has 0 bridgehead atoms. The van der Waals surface area contributed by atoms with Gasteiger partial charge in [0.1, 0.15) is 0 Å². The predicted molar refractivity (Wildman–Crippen MR) is 109 cm³/mol. The van der Waals surface area contributed by atoms with E-state index in [2.05, 4.69) is 15.6 Å². The van der Waals surface area contributed by atoms with Crippen molar-refractivity contribution in [3.63, 3.8) is 0 Å². The second kappa shape index (κ2) is 14.8. The Kier molecular flexibility index (Phi) is 14.0. The van der Waals surface area contributed by atoms with Crippen LogP contribution >= 0.6 is 24.0 Å². The fraction of sp³-hybridized carbons (Fsp3) is 0.562. The molecule has 0 aliphatic carbocycles. The number of methoxy groups -OCH3 is 1. The highest BCUT2D eigenvalue weighted by atomic mass is 127. The van der Waals surface area contributed by atoms with Crippen molar-refractivity contribution in [3.8, 4) is 0 Å². The number of nitrogens with one attached hydrogen (secondary N) is 2. The van der Waals surface area contributed by atoms with Gasteiger partial charge in [0.15, 0.2) is 5.96 Å². The minimum Gasteiger partial charge on any atom is -0.382 e. The van der Waals surface area contributed by atoms with Gasteiger partial charge in [0.25, 0.3) is 5.69 Å². The number of hydrogen-bond donors (Lipinski definition) is 2. The second-order valence-electron chi connectivity index (χ2n) is 5.01. The van der Waals surface area contributed by atoms with Crippen LogP contribution in [0.5, 0.6) is 0 Å². The summed E-state index contributed by atoms with van der Waals surface area (Å²) in [5.41, 5.74) is 0.873. The maximum atomic E-state index is 10.8. The third-order valence-electron chi connectivity index (χ3n) is 3.08. The van der Waals surface area contributed by atoms with Crippen molar-refractivity contribution < 1.29 is 14.4 Å². The van der Waals surface area contributed by atoms with Crippen LogP contribution in [0.1, 0.15) is 18.9 Å². The summed E-state index contributed by atoms with van der Waals surface area (Å²) in [5, 5.41) is 17.1. The number of benzene rings is 1. The largest absolute Gasteiger partial charge is 0.382 e. The molecule has 0 aliphatic rings. The molecule has 0 saturated heterocycles. The van der Waals surface area contributed by atoms with E-state index in [0.29, 0.717) is 32.3 Å².